The van der Waals surface area contributed by atoms with Crippen molar-refractivity contribution in [3.8, 4) is 0 Å². The van der Waals surface area contributed by atoms with E-state index < -0.39 is 5.97 Å². The molecule has 2 rings (SSSR count). The van der Waals surface area contributed by atoms with Crippen LogP contribution in [0, 0.1) is 0 Å². The normalized spacial score (nSPS) is 11.1. The van der Waals surface area contributed by atoms with Crippen LogP contribution in [0.5, 0.6) is 0 Å². The molecule has 0 aliphatic heterocycles. The van der Waals surface area contributed by atoms with Gasteiger partial charge in [0.2, 0.25) is 0 Å². The van der Waals surface area contributed by atoms with Gasteiger partial charge in [-0.05, 0) is 24.6 Å². The Hall–Kier alpha value is -1.01. The summed E-state index contributed by atoms with van der Waals surface area (Å²) in [5, 5.41) is 9.58. The summed E-state index contributed by atoms with van der Waals surface area (Å²) >= 11 is 4.71. The Morgan fingerprint density at radius 1 is 1.53 bits per heavy atom. The van der Waals surface area contributed by atoms with Crippen molar-refractivity contribution in [1.82, 2.24) is 9.55 Å². The van der Waals surface area contributed by atoms with Crippen molar-refractivity contribution >= 4 is 44.7 Å². The second-order valence-electron chi connectivity index (χ2n) is 4.22. The van der Waals surface area contributed by atoms with Gasteiger partial charge in [-0.25, -0.2) is 4.98 Å². The molecule has 0 amide bonds. The van der Waals surface area contributed by atoms with Crippen LogP contribution in [0.1, 0.15) is 19.8 Å². The van der Waals surface area contributed by atoms with E-state index in [9.17, 15) is 4.79 Å². The fraction of sp³-hybridized carbons (Fsp3) is 0.385. The molecule has 0 saturated carbocycles. The van der Waals surface area contributed by atoms with E-state index in [4.69, 9.17) is 5.11 Å². The zero-order valence-corrected chi connectivity index (χ0v) is 13.0. The van der Waals surface area contributed by atoms with Crippen molar-refractivity contribution < 1.29 is 9.90 Å². The molecule has 0 aliphatic carbocycles. The number of aromatic nitrogens is 2. The smallest absolute Gasteiger partial charge is 0.313 e. The maximum atomic E-state index is 10.7. The first-order chi connectivity index (χ1) is 9.11. The van der Waals surface area contributed by atoms with Crippen molar-refractivity contribution in [3.05, 3.63) is 22.7 Å². The van der Waals surface area contributed by atoms with Gasteiger partial charge in [-0.3, -0.25) is 4.79 Å². The highest BCUT2D eigenvalue weighted by Gasteiger charge is 2.12. The Balaban J connectivity index is 2.38. The van der Waals surface area contributed by atoms with E-state index in [1.165, 1.54) is 11.8 Å². The molecule has 0 fully saturated rings. The molecule has 0 spiro atoms. The van der Waals surface area contributed by atoms with Crippen LogP contribution in [0.4, 0.5) is 0 Å². The first kappa shape index (κ1) is 14.4. The lowest BCUT2D eigenvalue weighted by Gasteiger charge is -2.07. The number of aryl methyl sites for hydroxylation is 1. The molecule has 19 heavy (non-hydrogen) atoms. The average molecular weight is 343 g/mol. The highest BCUT2D eigenvalue weighted by atomic mass is 79.9. The number of thioether (sulfide) groups is 1. The van der Waals surface area contributed by atoms with E-state index in [0.29, 0.717) is 0 Å². The third-order valence-electron chi connectivity index (χ3n) is 2.74. The van der Waals surface area contributed by atoms with Crippen molar-refractivity contribution in [2.24, 2.45) is 0 Å². The molecular formula is C13H15BrN2O2S. The molecule has 6 heteroatoms. The average Bonchev–Trinajstić information content (AvgIpc) is 2.70. The van der Waals surface area contributed by atoms with Gasteiger partial charge in [-0.15, -0.1) is 0 Å². The second-order valence-corrected chi connectivity index (χ2v) is 6.07. The Morgan fingerprint density at radius 2 is 2.32 bits per heavy atom. The minimum absolute atomic E-state index is 0.0383. The summed E-state index contributed by atoms with van der Waals surface area (Å²) < 4.78 is 3.09. The molecule has 0 aliphatic rings. The number of carboxylic acid groups (broad SMARTS) is 1. The van der Waals surface area contributed by atoms with Crippen LogP contribution in [0.2, 0.25) is 0 Å². The predicted molar refractivity (Wildman–Crippen MR) is 80.7 cm³/mol. The van der Waals surface area contributed by atoms with E-state index in [2.05, 4.69) is 32.4 Å². The fourth-order valence-electron chi connectivity index (χ4n) is 1.85. The van der Waals surface area contributed by atoms with Gasteiger partial charge in [0.1, 0.15) is 0 Å². The lowest BCUT2D eigenvalue weighted by Crippen LogP contribution is -2.03. The van der Waals surface area contributed by atoms with E-state index in [0.717, 1.165) is 40.0 Å². The van der Waals surface area contributed by atoms with Gasteiger partial charge in [-0.1, -0.05) is 41.0 Å². The number of hydrogen-bond acceptors (Lipinski definition) is 3. The van der Waals surface area contributed by atoms with Gasteiger partial charge in [0.05, 0.1) is 16.8 Å². The largest absolute Gasteiger partial charge is 0.481 e. The molecule has 0 bridgehead atoms. The number of rotatable bonds is 6. The summed E-state index contributed by atoms with van der Waals surface area (Å²) in [6, 6.07) is 5.97. The maximum absolute atomic E-state index is 10.7. The Labute approximate surface area is 124 Å². The molecule has 1 aromatic carbocycles. The number of imidazole rings is 1. The molecule has 2 aromatic rings. The van der Waals surface area contributed by atoms with Gasteiger partial charge in [0.15, 0.2) is 5.16 Å². The number of carbonyl (C=O) groups is 1. The second kappa shape index (κ2) is 6.43. The molecule has 1 heterocycles. The topological polar surface area (TPSA) is 55.1 Å². The Kier molecular flexibility index (Phi) is 4.87. The number of aliphatic carboxylic acids is 1. The van der Waals surface area contributed by atoms with E-state index in [-0.39, 0.29) is 5.75 Å². The zero-order valence-electron chi connectivity index (χ0n) is 10.6. The highest BCUT2D eigenvalue weighted by molar-refractivity contribution is 9.10. The fourth-order valence-corrected chi connectivity index (χ4v) is 2.96. The first-order valence-corrected chi connectivity index (χ1v) is 7.90. The first-order valence-electron chi connectivity index (χ1n) is 6.12. The molecule has 0 atom stereocenters. The molecule has 1 aromatic heterocycles. The monoisotopic (exact) mass is 342 g/mol. The number of nitrogens with zero attached hydrogens (tertiary/aromatic N) is 2. The molecule has 1 N–H and O–H groups in total. The summed E-state index contributed by atoms with van der Waals surface area (Å²) in [4.78, 5) is 15.2. The molecule has 102 valence electrons. The van der Waals surface area contributed by atoms with Gasteiger partial charge in [0, 0.05) is 11.0 Å². The summed E-state index contributed by atoms with van der Waals surface area (Å²) in [6.07, 6.45) is 2.15. The molecular weight excluding hydrogens is 328 g/mol. The number of halogens is 1. The van der Waals surface area contributed by atoms with Gasteiger partial charge in [-0.2, -0.15) is 0 Å². The molecule has 0 saturated heterocycles. The number of carboxylic acids is 1. The minimum atomic E-state index is -0.819. The third-order valence-corrected chi connectivity index (χ3v) is 4.19. The predicted octanol–water partition coefficient (Wildman–Crippen LogP) is 3.78. The van der Waals surface area contributed by atoms with Crippen LogP contribution in [0.15, 0.2) is 27.8 Å². The number of hydrogen-bond donors (Lipinski definition) is 1. The third kappa shape index (κ3) is 3.51. The SMILES string of the molecule is CCCCn1c(SCC(=O)O)nc2cc(Br)ccc21. The van der Waals surface area contributed by atoms with Crippen LogP contribution in [-0.2, 0) is 11.3 Å². The molecule has 0 unspecified atom stereocenters. The van der Waals surface area contributed by atoms with Crippen LogP contribution in [0.25, 0.3) is 11.0 Å². The minimum Gasteiger partial charge on any atom is -0.481 e. The number of unbranched alkanes of at least 4 members (excludes halogenated alkanes) is 1. The van der Waals surface area contributed by atoms with Crippen LogP contribution >= 0.6 is 27.7 Å². The van der Waals surface area contributed by atoms with Crippen molar-refractivity contribution in [3.63, 3.8) is 0 Å². The number of benzene rings is 1. The lowest BCUT2D eigenvalue weighted by molar-refractivity contribution is -0.133. The maximum Gasteiger partial charge on any atom is 0.313 e. The zero-order chi connectivity index (χ0) is 13.8. The van der Waals surface area contributed by atoms with Gasteiger partial charge >= 0.3 is 5.97 Å². The summed E-state index contributed by atoms with van der Waals surface area (Å²) in [5.41, 5.74) is 1.96. The standard InChI is InChI=1S/C13H15BrN2O2S/c1-2-3-6-16-11-5-4-9(14)7-10(11)15-13(16)19-8-12(17)18/h4-5,7H,2-3,6,8H2,1H3,(H,17,18). The highest BCUT2D eigenvalue weighted by Crippen LogP contribution is 2.26. The summed E-state index contributed by atoms with van der Waals surface area (Å²) in [6.45, 7) is 3.01. The van der Waals surface area contributed by atoms with Gasteiger partial charge in [0.25, 0.3) is 0 Å². The lowest BCUT2D eigenvalue weighted by atomic mass is 10.3. The van der Waals surface area contributed by atoms with Crippen LogP contribution in [-0.4, -0.2) is 26.4 Å². The van der Waals surface area contributed by atoms with E-state index in [1.807, 2.05) is 18.2 Å². The van der Waals surface area contributed by atoms with Crippen molar-refractivity contribution in [2.75, 3.05) is 5.75 Å². The quantitative estimate of drug-likeness (QED) is 0.811. The van der Waals surface area contributed by atoms with Gasteiger partial charge < -0.3 is 9.67 Å². The van der Waals surface area contributed by atoms with Crippen molar-refractivity contribution in [2.45, 2.75) is 31.5 Å². The number of fused-ring (bicyclic) bond motifs is 1. The summed E-state index contributed by atoms with van der Waals surface area (Å²) in [5.74, 6) is -0.781. The molecule has 4 nitrogen and oxygen atoms in total. The van der Waals surface area contributed by atoms with Crippen LogP contribution < -0.4 is 0 Å². The molecule has 0 radical (unpaired) electrons. The summed E-state index contributed by atoms with van der Waals surface area (Å²) in [7, 11) is 0. The van der Waals surface area contributed by atoms with E-state index in [1.54, 1.807) is 0 Å². The van der Waals surface area contributed by atoms with Crippen molar-refractivity contribution in [1.29, 1.82) is 0 Å². The Bertz CT molecular complexity index is 598. The Morgan fingerprint density at radius 3 is 3.00 bits per heavy atom. The van der Waals surface area contributed by atoms with Crippen LogP contribution in [0.3, 0.4) is 0 Å². The van der Waals surface area contributed by atoms with E-state index >= 15 is 0 Å².